The molecule has 0 radical (unpaired) electrons. The lowest BCUT2D eigenvalue weighted by Crippen LogP contribution is -2.53. The number of thiazole rings is 1. The summed E-state index contributed by atoms with van der Waals surface area (Å²) in [5.74, 6) is -3.10. The van der Waals surface area contributed by atoms with Gasteiger partial charge in [-0.2, -0.15) is 4.31 Å². The number of hydrogen-bond acceptors (Lipinski definition) is 8. The quantitative estimate of drug-likeness (QED) is 0.194. The van der Waals surface area contributed by atoms with Crippen LogP contribution in [0.25, 0.3) is 0 Å². The Morgan fingerprint density at radius 1 is 1.04 bits per heavy atom. The Balaban J connectivity index is 1.35. The molecule has 2 aromatic carbocycles. The molecule has 48 heavy (non-hydrogen) atoms. The minimum Gasteiger partial charge on any atom is -0.324 e. The molecule has 0 spiro atoms. The number of pyridine rings is 1. The molecular formula is C33H35F3N6O4S2. The standard InChI is InChI=1S/C33H35F3N6O4S2/c1-19-12-23(14-25(35)13-19)28(22-4-6-24(34)7-5-22)15-31(44)40-30-18-38-17-29(36)27(30)9-8-26-16-37-10-11-42(26)48(45,46)32-20(2)47-33(41-32)39-21(3)43/h4-7,12-14,17-18,26,28,37H,8-11,15-16H2,1-3H3,(H,40,44)(H,39,41,43)/t26-,28-/m0/s1. The maximum absolute atomic E-state index is 15.2. The summed E-state index contributed by atoms with van der Waals surface area (Å²) >= 11 is 1.06. The fourth-order valence-electron chi connectivity index (χ4n) is 5.85. The van der Waals surface area contributed by atoms with E-state index in [4.69, 9.17) is 0 Å². The molecule has 1 aliphatic heterocycles. The highest BCUT2D eigenvalue weighted by Crippen LogP contribution is 2.32. The zero-order valence-electron chi connectivity index (χ0n) is 26.5. The summed E-state index contributed by atoms with van der Waals surface area (Å²) in [5, 5.41) is 8.49. The second-order valence-electron chi connectivity index (χ2n) is 11.6. The predicted molar refractivity (Wildman–Crippen MR) is 177 cm³/mol. The van der Waals surface area contributed by atoms with Gasteiger partial charge >= 0.3 is 0 Å². The van der Waals surface area contributed by atoms with Gasteiger partial charge in [-0.25, -0.2) is 26.6 Å². The molecule has 10 nitrogen and oxygen atoms in total. The SMILES string of the molecule is CC(=O)Nc1nc(S(=O)(=O)N2CCNC[C@@H]2CCc2c(F)cncc2NC(=O)C[C@@H](c2ccc(F)cc2)c2cc(C)cc(F)c2)c(C)s1. The van der Waals surface area contributed by atoms with Gasteiger partial charge in [-0.15, -0.1) is 11.3 Å². The third-order valence-electron chi connectivity index (χ3n) is 8.02. The van der Waals surface area contributed by atoms with Gasteiger partial charge in [-0.3, -0.25) is 14.6 Å². The van der Waals surface area contributed by atoms with Crippen molar-refractivity contribution in [2.45, 2.75) is 57.0 Å². The molecule has 5 rings (SSSR count). The fourth-order valence-corrected chi connectivity index (χ4v) is 8.80. The Hall–Kier alpha value is -4.18. The van der Waals surface area contributed by atoms with Crippen LogP contribution < -0.4 is 16.0 Å². The van der Waals surface area contributed by atoms with Crippen LogP contribution in [0.2, 0.25) is 0 Å². The van der Waals surface area contributed by atoms with Gasteiger partial charge in [0.1, 0.15) is 17.5 Å². The maximum Gasteiger partial charge on any atom is 0.262 e. The number of sulfonamides is 1. The van der Waals surface area contributed by atoms with Gasteiger partial charge in [0.25, 0.3) is 10.0 Å². The fraction of sp³-hybridized carbons (Fsp3) is 0.333. The highest BCUT2D eigenvalue weighted by Gasteiger charge is 2.36. The summed E-state index contributed by atoms with van der Waals surface area (Å²) in [6, 6.07) is 9.49. The molecule has 2 amide bonds. The number of benzene rings is 2. The van der Waals surface area contributed by atoms with Crippen molar-refractivity contribution in [3.63, 3.8) is 0 Å². The van der Waals surface area contributed by atoms with Crippen molar-refractivity contribution in [2.24, 2.45) is 0 Å². The Kier molecular flexibility index (Phi) is 10.9. The van der Waals surface area contributed by atoms with Crippen LogP contribution in [0.4, 0.5) is 24.0 Å². The summed E-state index contributed by atoms with van der Waals surface area (Å²) < 4.78 is 72.2. The minimum absolute atomic E-state index is 0.0694. The zero-order chi connectivity index (χ0) is 34.6. The van der Waals surface area contributed by atoms with Gasteiger partial charge in [-0.1, -0.05) is 18.2 Å². The number of rotatable bonds is 11. The number of anilines is 2. The number of nitrogens with one attached hydrogen (secondary N) is 3. The van der Waals surface area contributed by atoms with Crippen molar-refractivity contribution in [1.82, 2.24) is 19.6 Å². The average molecular weight is 701 g/mol. The van der Waals surface area contributed by atoms with Gasteiger partial charge in [0, 0.05) is 55.4 Å². The monoisotopic (exact) mass is 700 g/mol. The Morgan fingerprint density at radius 3 is 2.50 bits per heavy atom. The molecule has 2 aromatic heterocycles. The third kappa shape index (κ3) is 8.27. The maximum atomic E-state index is 15.2. The molecule has 0 saturated carbocycles. The zero-order valence-corrected chi connectivity index (χ0v) is 28.2. The molecule has 15 heteroatoms. The number of nitrogens with zero attached hydrogens (tertiary/aromatic N) is 3. The Labute approximate surface area is 280 Å². The topological polar surface area (TPSA) is 133 Å². The molecular weight excluding hydrogens is 666 g/mol. The molecule has 0 bridgehead atoms. The van der Waals surface area contributed by atoms with E-state index in [-0.39, 0.29) is 53.1 Å². The van der Waals surface area contributed by atoms with Crippen molar-refractivity contribution in [3.05, 3.63) is 99.4 Å². The van der Waals surface area contributed by atoms with E-state index in [0.717, 1.165) is 17.5 Å². The average Bonchev–Trinajstić information content (AvgIpc) is 3.39. The predicted octanol–water partition coefficient (Wildman–Crippen LogP) is 5.29. The summed E-state index contributed by atoms with van der Waals surface area (Å²) in [7, 11) is -4.06. The highest BCUT2D eigenvalue weighted by atomic mass is 32.2. The Bertz CT molecular complexity index is 1900. The molecule has 3 N–H and O–H groups in total. The molecule has 1 aliphatic rings. The van der Waals surface area contributed by atoms with E-state index in [1.54, 1.807) is 19.9 Å². The van der Waals surface area contributed by atoms with Crippen LogP contribution in [-0.4, -0.2) is 60.2 Å². The minimum atomic E-state index is -4.06. The van der Waals surface area contributed by atoms with E-state index in [1.165, 1.54) is 53.8 Å². The first-order chi connectivity index (χ1) is 22.8. The normalized spacial score (nSPS) is 16.0. The number of carbonyl (C=O) groups is 2. The molecule has 1 saturated heterocycles. The first-order valence-electron chi connectivity index (χ1n) is 15.2. The summed E-state index contributed by atoms with van der Waals surface area (Å²) in [6.07, 6.45) is 2.47. The Morgan fingerprint density at radius 2 is 1.79 bits per heavy atom. The molecule has 2 atom stereocenters. The second kappa shape index (κ2) is 14.9. The number of piperazine rings is 1. The molecule has 3 heterocycles. The van der Waals surface area contributed by atoms with Gasteiger partial charge in [0.15, 0.2) is 10.2 Å². The second-order valence-corrected chi connectivity index (χ2v) is 14.6. The molecule has 1 fully saturated rings. The van der Waals surface area contributed by atoms with Gasteiger partial charge in [0.2, 0.25) is 11.8 Å². The summed E-state index contributed by atoms with van der Waals surface area (Å²) in [4.78, 5) is 33.5. The van der Waals surface area contributed by atoms with Crippen molar-refractivity contribution >= 4 is 44.0 Å². The number of carbonyl (C=O) groups excluding carboxylic acids is 2. The number of aromatic nitrogens is 2. The molecule has 0 aliphatic carbocycles. The largest absolute Gasteiger partial charge is 0.324 e. The lowest BCUT2D eigenvalue weighted by Gasteiger charge is -2.35. The first kappa shape index (κ1) is 35.1. The van der Waals surface area contributed by atoms with E-state index in [0.29, 0.717) is 34.7 Å². The van der Waals surface area contributed by atoms with Crippen LogP contribution in [0.3, 0.4) is 0 Å². The van der Waals surface area contributed by atoms with Gasteiger partial charge in [0.05, 0.1) is 18.1 Å². The summed E-state index contributed by atoms with van der Waals surface area (Å²) in [5.41, 5.74) is 2.05. The molecule has 254 valence electrons. The molecule has 4 aromatic rings. The van der Waals surface area contributed by atoms with E-state index >= 15 is 4.39 Å². The lowest BCUT2D eigenvalue weighted by molar-refractivity contribution is -0.116. The summed E-state index contributed by atoms with van der Waals surface area (Å²) in [6.45, 7) is 5.52. The van der Waals surface area contributed by atoms with Crippen molar-refractivity contribution in [2.75, 3.05) is 30.3 Å². The van der Waals surface area contributed by atoms with Crippen LogP contribution in [0.1, 0.15) is 52.8 Å². The van der Waals surface area contributed by atoms with Crippen LogP contribution in [0.5, 0.6) is 0 Å². The number of halogens is 3. The lowest BCUT2D eigenvalue weighted by atomic mass is 9.87. The van der Waals surface area contributed by atoms with Crippen molar-refractivity contribution in [1.29, 1.82) is 0 Å². The first-order valence-corrected chi connectivity index (χ1v) is 17.5. The van der Waals surface area contributed by atoms with E-state index in [2.05, 4.69) is 25.9 Å². The van der Waals surface area contributed by atoms with E-state index in [9.17, 15) is 26.8 Å². The third-order valence-corrected chi connectivity index (χ3v) is 11.0. The smallest absolute Gasteiger partial charge is 0.262 e. The van der Waals surface area contributed by atoms with E-state index < -0.39 is 45.3 Å². The van der Waals surface area contributed by atoms with Crippen LogP contribution in [0.15, 0.2) is 59.9 Å². The van der Waals surface area contributed by atoms with Gasteiger partial charge < -0.3 is 16.0 Å². The van der Waals surface area contributed by atoms with Gasteiger partial charge in [-0.05, 0) is 67.6 Å². The number of amides is 2. The van der Waals surface area contributed by atoms with E-state index in [1.807, 2.05) is 0 Å². The van der Waals surface area contributed by atoms with Crippen molar-refractivity contribution in [3.8, 4) is 0 Å². The number of aryl methyl sites for hydroxylation is 2. The highest BCUT2D eigenvalue weighted by molar-refractivity contribution is 7.89. The van der Waals surface area contributed by atoms with Crippen LogP contribution in [0, 0.1) is 31.3 Å². The van der Waals surface area contributed by atoms with Crippen LogP contribution >= 0.6 is 11.3 Å². The molecule has 0 unspecified atom stereocenters. The van der Waals surface area contributed by atoms with Crippen LogP contribution in [-0.2, 0) is 26.0 Å². The van der Waals surface area contributed by atoms with Crippen molar-refractivity contribution < 1.29 is 31.2 Å². The number of hydrogen-bond donors (Lipinski definition) is 3.